The highest BCUT2D eigenvalue weighted by Gasteiger charge is 2.66. The molecule has 0 radical (unpaired) electrons. The molecule has 0 spiro atoms. The van der Waals surface area contributed by atoms with Crippen LogP contribution >= 0.6 is 0 Å². The van der Waals surface area contributed by atoms with E-state index in [1.807, 2.05) is 242 Å². The lowest BCUT2D eigenvalue weighted by Crippen LogP contribution is -2.72. The third-order valence-corrected chi connectivity index (χ3v) is 25.8. The Bertz CT molecular complexity index is 4310. The molecule has 4 heterocycles. The minimum Gasteiger partial charge on any atom is -0.467 e. The predicted octanol–water partition coefficient (Wildman–Crippen LogP) is 16.3. The molecule has 4 aliphatic heterocycles. The maximum Gasteiger partial charge on any atom is 0.508 e. The quantitative estimate of drug-likeness (QED) is 0.00719. The fourth-order valence-corrected chi connectivity index (χ4v) is 20.4. The highest BCUT2D eigenvalue weighted by molar-refractivity contribution is 6.73. The van der Waals surface area contributed by atoms with Gasteiger partial charge >= 0.3 is 26.8 Å². The van der Waals surface area contributed by atoms with Gasteiger partial charge in [0.2, 0.25) is 0 Å². The van der Waals surface area contributed by atoms with Crippen molar-refractivity contribution in [3.05, 3.63) is 270 Å². The highest BCUT2D eigenvalue weighted by atomic mass is 28.4. The predicted molar refractivity (Wildman–Crippen MR) is 412 cm³/mol. The van der Waals surface area contributed by atoms with Crippen LogP contribution in [-0.2, 0) is 108 Å². The number of rotatable bonds is 32. The Morgan fingerprint density at radius 2 is 0.982 bits per heavy atom. The molecule has 0 saturated carbocycles. The van der Waals surface area contributed by atoms with Gasteiger partial charge in [-0.15, -0.1) is 0 Å². The summed E-state index contributed by atoms with van der Waals surface area (Å²) in [5.74, 6) is -1.37. The van der Waals surface area contributed by atoms with Crippen molar-refractivity contribution in [2.75, 3.05) is 40.1 Å². The first-order valence-electron chi connectivity index (χ1n) is 37.7. The molecular formula is C83H96N10O18Si. The van der Waals surface area contributed by atoms with Gasteiger partial charge in [-0.1, -0.05) is 257 Å². The van der Waals surface area contributed by atoms with Crippen molar-refractivity contribution in [1.29, 1.82) is 0 Å². The van der Waals surface area contributed by atoms with Crippen molar-refractivity contribution in [2.24, 2.45) is 15.3 Å². The Kier molecular flexibility index (Phi) is 28.2. The summed E-state index contributed by atoms with van der Waals surface area (Å²) in [6.07, 6.45) is -17.0. The number of carbonyl (C=O) groups excluding carboxylic acids is 3. The topological polar surface area (TPSA) is 339 Å². The largest absolute Gasteiger partial charge is 0.508 e. The van der Waals surface area contributed by atoms with Gasteiger partial charge in [-0.25, -0.2) is 14.4 Å². The molecule has 0 bridgehead atoms. The number of ether oxygens (including phenoxy) is 13. The molecule has 0 N–H and O–H groups in total. The molecule has 7 aromatic carbocycles. The molecule has 7 aromatic rings. The molecular weight excluding hydrogens is 1450 g/mol. The number of nitrogens with zero attached hydrogens (tertiary/aromatic N) is 10. The number of fused-ring (bicyclic) bond motifs is 4. The molecule has 1 amide bonds. The van der Waals surface area contributed by atoms with Crippen molar-refractivity contribution in [1.82, 2.24) is 4.90 Å². The smallest absolute Gasteiger partial charge is 0.467 e. The van der Waals surface area contributed by atoms with Gasteiger partial charge in [0.05, 0.1) is 45.6 Å². The molecule has 29 heteroatoms. The number of carbonyl (C=O) groups is 3. The van der Waals surface area contributed by atoms with Crippen LogP contribution in [0.3, 0.4) is 0 Å². The molecule has 112 heavy (non-hydrogen) atoms. The van der Waals surface area contributed by atoms with Gasteiger partial charge in [0, 0.05) is 50.4 Å². The van der Waals surface area contributed by atoms with E-state index in [1.165, 1.54) is 0 Å². The number of amides is 1. The maximum atomic E-state index is 14.9. The van der Waals surface area contributed by atoms with Crippen molar-refractivity contribution >= 4 is 26.8 Å². The van der Waals surface area contributed by atoms with Crippen LogP contribution in [0.5, 0.6) is 0 Å². The van der Waals surface area contributed by atoms with Gasteiger partial charge in [-0.2, -0.15) is 0 Å². The SMILES string of the molecule is COC(=O)[C@H]1O[C@@H](O[C@@H]2[C@@H](N=[N+]=[N-])[C@@H](OCCCCCN(Cc3ccccc3)C(=O)OCc3ccccc3)O[C@@H]3CO[Si](C(C)(C)C)(C(C)(C)C)O[C@@H]23)[C@@H](N=[N+]=[N-])[C@@H](N=[N+]=[N-])[C@@H]1O[C@H]1O[C@H](COC(=O)OCC2c3ccccc3-c3ccccc32)[C@@H](OCc2ccccc2)[C@H](OCc2ccccc2)[C@H]1OCc1ccccc1. The van der Waals surface area contributed by atoms with Crippen LogP contribution in [0.1, 0.15) is 106 Å². The van der Waals surface area contributed by atoms with Crippen LogP contribution < -0.4 is 0 Å². The minimum absolute atomic E-state index is 0.00912. The molecule has 1 aliphatic carbocycles. The monoisotopic (exact) mass is 1550 g/mol. The Morgan fingerprint density at radius 3 is 1.54 bits per heavy atom. The van der Waals surface area contributed by atoms with Crippen molar-refractivity contribution in [3.63, 3.8) is 0 Å². The molecule has 15 atom stereocenters. The van der Waals surface area contributed by atoms with Gasteiger partial charge in [-0.3, -0.25) is 0 Å². The summed E-state index contributed by atoms with van der Waals surface area (Å²) in [5.41, 5.74) is 40.1. The lowest BCUT2D eigenvalue weighted by Gasteiger charge is -2.58. The van der Waals surface area contributed by atoms with Crippen LogP contribution in [0, 0.1) is 0 Å². The van der Waals surface area contributed by atoms with Crippen LogP contribution in [0.2, 0.25) is 10.1 Å². The normalized spacial score (nSPS) is 25.2. The van der Waals surface area contributed by atoms with Crippen LogP contribution in [0.4, 0.5) is 9.59 Å². The summed E-state index contributed by atoms with van der Waals surface area (Å²) >= 11 is 0. The number of hydrogen-bond acceptors (Lipinski definition) is 21. The standard InChI is InChI=1S/C83H96N10O18Si/c1-82(2,3)112(83(4,5)6)105-53-65-70(111-112)72(68(89-92-86)77(106-65)98-45-29-13-28-44-93(46-54-30-14-8-15-31-54)80(95)102-50-58-38-22-12-23-39-58)108-78-67(88-91-85)66(87-90-84)71(74(110-78)76(94)97-7)109-79-75(101-49-57-36-20-11-21-37-57)73(100-48-56-34-18-10-19-35-56)69(99-47-55-32-16-9-17-33-55)64(107-79)52-104-81(96)103-51-63-61-42-26-24-40-59(61)60-41-25-27-43-62(60)63/h8-12,14-27,30-43,63-75,77-79H,13,28-29,44-53H2,1-7H3/t64-,65-,66-,67+,68-,69-,70-,71+,72-,73+,74+,75-,77+,78-,79-/m1/s1. The van der Waals surface area contributed by atoms with E-state index in [-0.39, 0.29) is 52.2 Å². The van der Waals surface area contributed by atoms with Crippen molar-refractivity contribution in [2.45, 2.75) is 202 Å². The first-order chi connectivity index (χ1) is 54.4. The summed E-state index contributed by atoms with van der Waals surface area (Å²) in [6.45, 7) is 12.3. The summed E-state index contributed by atoms with van der Waals surface area (Å²) in [4.78, 5) is 54.3. The molecule has 5 aliphatic rings. The Labute approximate surface area is 652 Å². The van der Waals surface area contributed by atoms with Crippen molar-refractivity contribution < 1.29 is 84.8 Å². The Morgan fingerprint density at radius 1 is 0.491 bits per heavy atom. The van der Waals surface area contributed by atoms with Gasteiger partial charge < -0.3 is 75.3 Å². The molecule has 0 unspecified atom stereocenters. The van der Waals surface area contributed by atoms with Crippen LogP contribution in [0.25, 0.3) is 42.5 Å². The zero-order chi connectivity index (χ0) is 78.6. The fourth-order valence-electron chi connectivity index (χ4n) is 15.5. The molecule has 4 saturated heterocycles. The highest BCUT2D eigenvalue weighted by Crippen LogP contribution is 2.56. The maximum absolute atomic E-state index is 14.9. The summed E-state index contributed by atoms with van der Waals surface area (Å²) < 4.78 is 99.9. The van der Waals surface area contributed by atoms with E-state index in [9.17, 15) is 31.0 Å². The van der Waals surface area contributed by atoms with Gasteiger partial charge in [0.1, 0.15) is 74.7 Å². The average Bonchev–Trinajstić information content (AvgIpc) is 0.779. The number of unbranched alkanes of at least 4 members (excludes halogenated alkanes) is 2. The first-order valence-corrected chi connectivity index (χ1v) is 39.6. The second-order valence-electron chi connectivity index (χ2n) is 30.1. The van der Waals surface area contributed by atoms with E-state index in [4.69, 9.17) is 70.4 Å². The summed E-state index contributed by atoms with van der Waals surface area (Å²) in [5, 5.41) is 11.5. The zero-order valence-electron chi connectivity index (χ0n) is 63.8. The third-order valence-electron chi connectivity index (χ3n) is 20.6. The van der Waals surface area contributed by atoms with Crippen LogP contribution in [-0.4, -0.2) is 164 Å². The zero-order valence-corrected chi connectivity index (χ0v) is 64.8. The van der Waals surface area contributed by atoms with E-state index in [0.29, 0.717) is 32.4 Å². The van der Waals surface area contributed by atoms with Crippen molar-refractivity contribution in [3.8, 4) is 11.1 Å². The molecule has 590 valence electrons. The number of esters is 1. The molecule has 28 nitrogen and oxygen atoms in total. The molecule has 0 aromatic heterocycles. The van der Waals surface area contributed by atoms with E-state index in [2.05, 4.69) is 30.1 Å². The van der Waals surface area contributed by atoms with E-state index < -0.39 is 135 Å². The van der Waals surface area contributed by atoms with Gasteiger partial charge in [0.15, 0.2) is 25.0 Å². The lowest BCUT2D eigenvalue weighted by molar-refractivity contribution is -0.356. The molecule has 12 rings (SSSR count). The number of benzene rings is 7. The molecule has 4 fully saturated rings. The Hall–Kier alpha value is -9.74. The van der Waals surface area contributed by atoms with E-state index >= 15 is 0 Å². The first kappa shape index (κ1) is 81.7. The number of hydrogen-bond donors (Lipinski definition) is 0. The Balaban J connectivity index is 0.851. The summed E-state index contributed by atoms with van der Waals surface area (Å²) in [6, 6.07) is 58.2. The second-order valence-corrected chi connectivity index (χ2v) is 34.9. The van der Waals surface area contributed by atoms with Gasteiger partial charge in [0.25, 0.3) is 0 Å². The van der Waals surface area contributed by atoms with Crippen LogP contribution in [0.15, 0.2) is 216 Å². The van der Waals surface area contributed by atoms with Gasteiger partial charge in [-0.05, 0) is 85.9 Å². The lowest BCUT2D eigenvalue weighted by atomic mass is 9.93. The minimum atomic E-state index is -3.49. The second kappa shape index (κ2) is 38.7. The fraction of sp³-hybridized carbons (Fsp3) is 0.458. The summed E-state index contributed by atoms with van der Waals surface area (Å²) in [7, 11) is -2.38. The van der Waals surface area contributed by atoms with E-state index in [0.717, 1.165) is 57.2 Å². The average molecular weight is 1550 g/mol. The van der Waals surface area contributed by atoms with E-state index in [1.54, 1.807) is 4.90 Å². The number of azide groups is 3. The number of methoxy groups -OCH3 is 1. The third kappa shape index (κ3) is 19.8.